The van der Waals surface area contributed by atoms with Crippen LogP contribution >= 0.6 is 0 Å². The Morgan fingerprint density at radius 1 is 1.21 bits per heavy atom. The lowest BCUT2D eigenvalue weighted by atomic mass is 9.90. The summed E-state index contributed by atoms with van der Waals surface area (Å²) >= 11 is 0. The fraction of sp³-hybridized carbons (Fsp3) is 1.00. The minimum atomic E-state index is -2.88. The van der Waals surface area contributed by atoms with Gasteiger partial charge in [-0.1, -0.05) is 20.8 Å². The van der Waals surface area contributed by atoms with Gasteiger partial charge in [0.1, 0.15) is 9.84 Å². The van der Waals surface area contributed by atoms with E-state index >= 15 is 0 Å². The molecule has 0 aliphatic carbocycles. The van der Waals surface area contributed by atoms with Gasteiger partial charge in [0.05, 0.1) is 6.10 Å². The zero-order valence-electron chi connectivity index (χ0n) is 9.53. The van der Waals surface area contributed by atoms with E-state index in [1.807, 2.05) is 6.92 Å². The first-order valence-corrected chi connectivity index (χ1v) is 7.16. The molecule has 0 rings (SSSR count). The first kappa shape index (κ1) is 13.9. The van der Waals surface area contributed by atoms with Gasteiger partial charge in [-0.25, -0.2) is 8.42 Å². The molecule has 0 spiro atoms. The number of aliphatic hydroxyl groups excluding tert-OH is 1. The fourth-order valence-electron chi connectivity index (χ4n) is 1.26. The van der Waals surface area contributed by atoms with Crippen molar-refractivity contribution in [2.45, 2.75) is 39.7 Å². The maximum absolute atomic E-state index is 10.8. The topological polar surface area (TPSA) is 54.4 Å². The van der Waals surface area contributed by atoms with Crippen LogP contribution in [0.3, 0.4) is 0 Å². The lowest BCUT2D eigenvalue weighted by Crippen LogP contribution is -2.23. The summed E-state index contributed by atoms with van der Waals surface area (Å²) in [7, 11) is -2.88. The standard InChI is InChI=1S/C10H22O3S/c1-8(2)9(3)10(11)6-5-7-14(4,12)13/h8-11H,5-7H2,1-4H3. The minimum Gasteiger partial charge on any atom is -0.393 e. The molecular weight excluding hydrogens is 200 g/mol. The molecule has 86 valence electrons. The maximum atomic E-state index is 10.8. The summed E-state index contributed by atoms with van der Waals surface area (Å²) in [5.41, 5.74) is 0. The number of aliphatic hydroxyl groups is 1. The van der Waals surface area contributed by atoms with Crippen molar-refractivity contribution in [3.63, 3.8) is 0 Å². The van der Waals surface area contributed by atoms with Gasteiger partial charge in [-0.2, -0.15) is 0 Å². The first-order chi connectivity index (χ1) is 6.24. The molecule has 0 fully saturated rings. The lowest BCUT2D eigenvalue weighted by molar-refractivity contribution is 0.0834. The van der Waals surface area contributed by atoms with Gasteiger partial charge in [-0.05, 0) is 24.7 Å². The molecule has 14 heavy (non-hydrogen) atoms. The van der Waals surface area contributed by atoms with E-state index in [9.17, 15) is 13.5 Å². The van der Waals surface area contributed by atoms with Crippen LogP contribution in [0.4, 0.5) is 0 Å². The third-order valence-electron chi connectivity index (χ3n) is 2.67. The van der Waals surface area contributed by atoms with Crippen molar-refractivity contribution in [3.8, 4) is 0 Å². The van der Waals surface area contributed by atoms with Crippen LogP contribution in [0.25, 0.3) is 0 Å². The van der Waals surface area contributed by atoms with E-state index in [4.69, 9.17) is 0 Å². The van der Waals surface area contributed by atoms with Crippen molar-refractivity contribution in [2.24, 2.45) is 11.8 Å². The van der Waals surface area contributed by atoms with Crippen LogP contribution < -0.4 is 0 Å². The molecule has 0 amide bonds. The summed E-state index contributed by atoms with van der Waals surface area (Å²) in [6.45, 7) is 6.12. The zero-order valence-corrected chi connectivity index (χ0v) is 10.3. The Labute approximate surface area is 87.4 Å². The summed E-state index contributed by atoms with van der Waals surface area (Å²) in [5, 5.41) is 9.69. The van der Waals surface area contributed by atoms with Gasteiger partial charge in [-0.3, -0.25) is 0 Å². The third kappa shape index (κ3) is 6.38. The molecule has 0 aliphatic rings. The maximum Gasteiger partial charge on any atom is 0.147 e. The van der Waals surface area contributed by atoms with Gasteiger partial charge in [0.25, 0.3) is 0 Å². The Kier molecular flexibility index (Phi) is 5.67. The van der Waals surface area contributed by atoms with Crippen LogP contribution in [0.5, 0.6) is 0 Å². The van der Waals surface area contributed by atoms with Crippen molar-refractivity contribution >= 4 is 9.84 Å². The van der Waals surface area contributed by atoms with Crippen LogP contribution in [-0.4, -0.2) is 31.6 Å². The summed E-state index contributed by atoms with van der Waals surface area (Å²) in [4.78, 5) is 0. The first-order valence-electron chi connectivity index (χ1n) is 5.10. The highest BCUT2D eigenvalue weighted by Crippen LogP contribution is 2.18. The zero-order chi connectivity index (χ0) is 11.4. The summed E-state index contributed by atoms with van der Waals surface area (Å²) in [6, 6.07) is 0. The van der Waals surface area contributed by atoms with E-state index in [1.165, 1.54) is 6.26 Å². The molecule has 0 saturated heterocycles. The molecular formula is C10H22O3S. The average molecular weight is 222 g/mol. The van der Waals surface area contributed by atoms with E-state index in [0.717, 1.165) is 0 Å². The molecule has 2 unspecified atom stereocenters. The van der Waals surface area contributed by atoms with Gasteiger partial charge >= 0.3 is 0 Å². The van der Waals surface area contributed by atoms with Gasteiger partial charge < -0.3 is 5.11 Å². The smallest absolute Gasteiger partial charge is 0.147 e. The number of hydrogen-bond donors (Lipinski definition) is 1. The molecule has 0 aromatic rings. The fourth-order valence-corrected chi connectivity index (χ4v) is 1.95. The predicted molar refractivity (Wildman–Crippen MR) is 59.0 cm³/mol. The molecule has 0 aromatic carbocycles. The predicted octanol–water partition coefficient (Wildman–Crippen LogP) is 1.46. The molecule has 1 N–H and O–H groups in total. The number of sulfone groups is 1. The quantitative estimate of drug-likeness (QED) is 0.740. The van der Waals surface area contributed by atoms with Gasteiger partial charge in [0.15, 0.2) is 0 Å². The highest BCUT2D eigenvalue weighted by Gasteiger charge is 2.17. The SMILES string of the molecule is CC(C)C(C)C(O)CCCS(C)(=O)=O. The summed E-state index contributed by atoms with van der Waals surface area (Å²) in [6.07, 6.45) is 1.98. The van der Waals surface area contributed by atoms with E-state index in [-0.39, 0.29) is 17.8 Å². The highest BCUT2D eigenvalue weighted by molar-refractivity contribution is 7.90. The molecule has 0 saturated carbocycles. The second-order valence-corrected chi connectivity index (χ2v) is 6.70. The number of rotatable bonds is 6. The van der Waals surface area contributed by atoms with Crippen molar-refractivity contribution in [1.29, 1.82) is 0 Å². The largest absolute Gasteiger partial charge is 0.393 e. The molecule has 2 atom stereocenters. The molecule has 0 heterocycles. The Morgan fingerprint density at radius 3 is 2.07 bits per heavy atom. The van der Waals surface area contributed by atoms with Crippen LogP contribution in [0, 0.1) is 11.8 Å². The van der Waals surface area contributed by atoms with E-state index in [1.54, 1.807) is 0 Å². The van der Waals surface area contributed by atoms with E-state index in [2.05, 4.69) is 13.8 Å². The van der Waals surface area contributed by atoms with E-state index in [0.29, 0.717) is 18.8 Å². The number of hydrogen-bond acceptors (Lipinski definition) is 3. The molecule has 0 radical (unpaired) electrons. The summed E-state index contributed by atoms with van der Waals surface area (Å²) in [5.74, 6) is 0.840. The van der Waals surface area contributed by atoms with Crippen LogP contribution in [0.1, 0.15) is 33.6 Å². The molecule has 0 aromatic heterocycles. The Balaban J connectivity index is 3.80. The van der Waals surface area contributed by atoms with Gasteiger partial charge in [0.2, 0.25) is 0 Å². The molecule has 0 aliphatic heterocycles. The minimum absolute atomic E-state index is 0.175. The molecule has 3 nitrogen and oxygen atoms in total. The Bertz CT molecular complexity index is 244. The van der Waals surface area contributed by atoms with Crippen molar-refractivity contribution in [3.05, 3.63) is 0 Å². The Hall–Kier alpha value is -0.0900. The lowest BCUT2D eigenvalue weighted by Gasteiger charge is -2.21. The van der Waals surface area contributed by atoms with Crippen LogP contribution in [-0.2, 0) is 9.84 Å². The second kappa shape index (κ2) is 5.71. The normalized spacial score (nSPS) is 17.0. The monoisotopic (exact) mass is 222 g/mol. The third-order valence-corrected chi connectivity index (χ3v) is 3.70. The Morgan fingerprint density at radius 2 is 1.71 bits per heavy atom. The molecule has 0 bridgehead atoms. The van der Waals surface area contributed by atoms with Gasteiger partial charge in [0, 0.05) is 12.0 Å². The highest BCUT2D eigenvalue weighted by atomic mass is 32.2. The second-order valence-electron chi connectivity index (χ2n) is 4.44. The molecule has 4 heteroatoms. The van der Waals surface area contributed by atoms with Crippen molar-refractivity contribution in [1.82, 2.24) is 0 Å². The van der Waals surface area contributed by atoms with Crippen LogP contribution in [0.2, 0.25) is 0 Å². The van der Waals surface area contributed by atoms with E-state index < -0.39 is 9.84 Å². The summed E-state index contributed by atoms with van der Waals surface area (Å²) < 4.78 is 21.7. The van der Waals surface area contributed by atoms with Gasteiger partial charge in [-0.15, -0.1) is 0 Å². The average Bonchev–Trinajstić information content (AvgIpc) is 2.00. The van der Waals surface area contributed by atoms with Crippen molar-refractivity contribution < 1.29 is 13.5 Å². The van der Waals surface area contributed by atoms with Crippen molar-refractivity contribution in [2.75, 3.05) is 12.0 Å². The van der Waals surface area contributed by atoms with Crippen LogP contribution in [0.15, 0.2) is 0 Å².